The molecule has 0 amide bonds. The molecule has 4 heteroatoms. The van der Waals surface area contributed by atoms with Crippen molar-refractivity contribution in [3.8, 4) is 17.6 Å². The lowest BCUT2D eigenvalue weighted by molar-refractivity contribution is -0.0498. The summed E-state index contributed by atoms with van der Waals surface area (Å²) in [4.78, 5) is 0. The first kappa shape index (κ1) is 25.2. The lowest BCUT2D eigenvalue weighted by atomic mass is 9.78. The van der Waals surface area contributed by atoms with Gasteiger partial charge in [0, 0.05) is 10.9 Å². The number of benzene rings is 3. The summed E-state index contributed by atoms with van der Waals surface area (Å²) in [6.07, 6.45) is 11.8. The highest BCUT2D eigenvalue weighted by molar-refractivity contribution is 5.85. The minimum Gasteiger partial charge on any atom is -0.435 e. The Morgan fingerprint density at radius 2 is 1.60 bits per heavy atom. The fourth-order valence-electron chi connectivity index (χ4n) is 5.13. The number of hydrogen-bond acceptors (Lipinski definition) is 1. The van der Waals surface area contributed by atoms with Crippen LogP contribution in [0.15, 0.2) is 54.6 Å². The molecule has 0 N–H and O–H groups in total. The molecule has 184 valence electrons. The summed E-state index contributed by atoms with van der Waals surface area (Å²) in [6, 6.07) is 15.6. The fraction of sp³-hybridized carbons (Fsp3) is 0.419. The molecule has 0 aromatic heterocycles. The molecule has 0 saturated heterocycles. The van der Waals surface area contributed by atoms with Crippen LogP contribution in [-0.2, 0) is 6.42 Å². The van der Waals surface area contributed by atoms with Gasteiger partial charge in [0.25, 0.3) is 0 Å². The topological polar surface area (TPSA) is 9.23 Å². The highest BCUT2D eigenvalue weighted by Gasteiger charge is 2.20. The largest absolute Gasteiger partial charge is 0.435 e. The minimum atomic E-state index is -2.87. The average molecular weight is 479 g/mol. The SMILES string of the molecule is CCCCC1CCC(CCc2ccc3c(F)c(C#Cc4ccc(OC(F)F)cc4)ccc3c2)CC1. The summed E-state index contributed by atoms with van der Waals surface area (Å²) in [5.74, 6) is 7.25. The van der Waals surface area contributed by atoms with E-state index in [0.717, 1.165) is 23.6 Å². The molecular formula is C31H33F3O. The Kier molecular flexibility index (Phi) is 8.74. The van der Waals surface area contributed by atoms with Crippen LogP contribution in [0.25, 0.3) is 10.8 Å². The highest BCUT2D eigenvalue weighted by Crippen LogP contribution is 2.34. The molecule has 0 bridgehead atoms. The Hall–Kier alpha value is -2.93. The highest BCUT2D eigenvalue weighted by atomic mass is 19.3. The first-order valence-corrected chi connectivity index (χ1v) is 12.8. The number of alkyl halides is 2. The fourth-order valence-corrected chi connectivity index (χ4v) is 5.13. The van der Waals surface area contributed by atoms with Gasteiger partial charge in [0.1, 0.15) is 11.6 Å². The van der Waals surface area contributed by atoms with Gasteiger partial charge in [-0.3, -0.25) is 0 Å². The van der Waals surface area contributed by atoms with Crippen LogP contribution < -0.4 is 4.74 Å². The third-order valence-corrected chi connectivity index (χ3v) is 7.21. The summed E-state index contributed by atoms with van der Waals surface area (Å²) in [7, 11) is 0. The Balaban J connectivity index is 1.37. The summed E-state index contributed by atoms with van der Waals surface area (Å²) in [5.41, 5.74) is 2.17. The molecule has 0 unspecified atom stereocenters. The molecule has 3 aromatic rings. The van der Waals surface area contributed by atoms with E-state index < -0.39 is 6.61 Å². The van der Waals surface area contributed by atoms with Crippen molar-refractivity contribution in [1.29, 1.82) is 0 Å². The third-order valence-electron chi connectivity index (χ3n) is 7.21. The molecule has 1 fully saturated rings. The second-order valence-corrected chi connectivity index (χ2v) is 9.70. The van der Waals surface area contributed by atoms with Crippen LogP contribution in [0.2, 0.25) is 0 Å². The van der Waals surface area contributed by atoms with Crippen molar-refractivity contribution in [2.45, 2.75) is 71.3 Å². The summed E-state index contributed by atoms with van der Waals surface area (Å²) < 4.78 is 44.0. The van der Waals surface area contributed by atoms with E-state index in [4.69, 9.17) is 0 Å². The van der Waals surface area contributed by atoms with Gasteiger partial charge in [-0.05, 0) is 66.0 Å². The number of halogens is 3. The lowest BCUT2D eigenvalue weighted by Gasteiger charge is -2.28. The zero-order chi connectivity index (χ0) is 24.6. The van der Waals surface area contributed by atoms with E-state index in [0.29, 0.717) is 16.5 Å². The molecule has 0 spiro atoms. The molecule has 1 nitrogen and oxygen atoms in total. The molecule has 1 saturated carbocycles. The molecule has 1 aliphatic rings. The zero-order valence-electron chi connectivity index (χ0n) is 20.3. The molecule has 0 radical (unpaired) electrons. The Morgan fingerprint density at radius 3 is 2.29 bits per heavy atom. The van der Waals surface area contributed by atoms with Crippen LogP contribution in [-0.4, -0.2) is 6.61 Å². The smallest absolute Gasteiger partial charge is 0.387 e. The molecule has 0 heterocycles. The first-order valence-electron chi connectivity index (χ1n) is 12.8. The minimum absolute atomic E-state index is 0.0675. The maximum absolute atomic E-state index is 15.1. The van der Waals surface area contributed by atoms with Crippen LogP contribution in [0.5, 0.6) is 5.75 Å². The van der Waals surface area contributed by atoms with Crippen LogP contribution in [0.1, 0.15) is 75.0 Å². The number of hydrogen-bond donors (Lipinski definition) is 0. The lowest BCUT2D eigenvalue weighted by Crippen LogP contribution is -2.15. The quantitative estimate of drug-likeness (QED) is 0.294. The molecule has 0 aliphatic heterocycles. The van der Waals surface area contributed by atoms with Gasteiger partial charge in [-0.25, -0.2) is 4.39 Å². The van der Waals surface area contributed by atoms with E-state index in [1.807, 2.05) is 18.2 Å². The first-order chi connectivity index (χ1) is 17.0. The van der Waals surface area contributed by atoms with Gasteiger partial charge in [-0.2, -0.15) is 8.78 Å². The van der Waals surface area contributed by atoms with E-state index in [1.54, 1.807) is 18.2 Å². The molecule has 4 rings (SSSR count). The predicted octanol–water partition coefficient (Wildman–Crippen LogP) is 8.91. The third kappa shape index (κ3) is 7.04. The van der Waals surface area contributed by atoms with Gasteiger partial charge >= 0.3 is 6.61 Å². The van der Waals surface area contributed by atoms with Gasteiger partial charge in [0.05, 0.1) is 5.56 Å². The van der Waals surface area contributed by atoms with E-state index >= 15 is 4.39 Å². The maximum atomic E-state index is 15.1. The predicted molar refractivity (Wildman–Crippen MR) is 136 cm³/mol. The summed E-state index contributed by atoms with van der Waals surface area (Å²) >= 11 is 0. The van der Waals surface area contributed by atoms with Gasteiger partial charge in [-0.1, -0.05) is 88.0 Å². The summed E-state index contributed by atoms with van der Waals surface area (Å²) in [6.45, 7) is -0.595. The van der Waals surface area contributed by atoms with Crippen molar-refractivity contribution in [3.63, 3.8) is 0 Å². The van der Waals surface area contributed by atoms with Crippen molar-refractivity contribution in [2.24, 2.45) is 11.8 Å². The standard InChI is InChI=1S/C31H33F3O/c1-2-3-4-22-5-7-23(8-6-22)9-10-25-14-20-29-27(21-25)17-16-26(30(29)32)15-11-24-12-18-28(19-13-24)35-31(33)34/h12-14,16-23,31H,2-10H2,1H3. The monoisotopic (exact) mass is 478 g/mol. The second-order valence-electron chi connectivity index (χ2n) is 9.70. The van der Waals surface area contributed by atoms with Crippen molar-refractivity contribution in [1.82, 2.24) is 0 Å². The molecule has 1 aliphatic carbocycles. The Labute approximate surface area is 206 Å². The van der Waals surface area contributed by atoms with E-state index in [9.17, 15) is 8.78 Å². The summed E-state index contributed by atoms with van der Waals surface area (Å²) in [5, 5.41) is 1.46. The van der Waals surface area contributed by atoms with Gasteiger partial charge < -0.3 is 4.74 Å². The molecule has 3 aromatic carbocycles. The van der Waals surface area contributed by atoms with Crippen molar-refractivity contribution >= 4 is 10.8 Å². The Morgan fingerprint density at radius 1 is 0.886 bits per heavy atom. The number of ether oxygens (including phenoxy) is 1. The normalized spacial score (nSPS) is 17.9. The molecule has 0 atom stereocenters. The van der Waals surface area contributed by atoms with Crippen LogP contribution in [0.4, 0.5) is 13.2 Å². The van der Waals surface area contributed by atoms with Crippen molar-refractivity contribution in [2.75, 3.05) is 0 Å². The van der Waals surface area contributed by atoms with E-state index in [2.05, 4.69) is 29.6 Å². The average Bonchev–Trinajstić information content (AvgIpc) is 2.87. The van der Waals surface area contributed by atoms with E-state index in [-0.39, 0.29) is 11.6 Å². The molecule has 35 heavy (non-hydrogen) atoms. The number of aryl methyl sites for hydroxylation is 1. The van der Waals surface area contributed by atoms with Crippen LogP contribution in [0.3, 0.4) is 0 Å². The number of unbranched alkanes of at least 4 members (excludes halogenated alkanes) is 1. The maximum Gasteiger partial charge on any atom is 0.387 e. The zero-order valence-corrected chi connectivity index (χ0v) is 20.3. The molecular weight excluding hydrogens is 445 g/mol. The van der Waals surface area contributed by atoms with E-state index in [1.165, 1.54) is 69.1 Å². The number of fused-ring (bicyclic) bond motifs is 1. The number of rotatable bonds is 8. The van der Waals surface area contributed by atoms with Gasteiger partial charge in [-0.15, -0.1) is 0 Å². The van der Waals surface area contributed by atoms with Crippen molar-refractivity contribution in [3.05, 3.63) is 77.1 Å². The van der Waals surface area contributed by atoms with Crippen molar-refractivity contribution < 1.29 is 17.9 Å². The van der Waals surface area contributed by atoms with Gasteiger partial charge in [0.15, 0.2) is 0 Å². The van der Waals surface area contributed by atoms with Gasteiger partial charge in [0.2, 0.25) is 0 Å². The second kappa shape index (κ2) is 12.2. The van der Waals surface area contributed by atoms with Crippen LogP contribution in [0, 0.1) is 29.5 Å². The van der Waals surface area contributed by atoms with Crippen LogP contribution >= 0.6 is 0 Å². The Bertz CT molecular complexity index is 1170.